The number of nitrogens with one attached hydrogen (secondary N) is 2. The third-order valence-electron chi connectivity index (χ3n) is 4.83. The van der Waals surface area contributed by atoms with E-state index in [1.54, 1.807) is 0 Å². The Morgan fingerprint density at radius 3 is 2.87 bits per heavy atom. The van der Waals surface area contributed by atoms with Gasteiger partial charge in [0, 0.05) is 45.2 Å². The summed E-state index contributed by atoms with van der Waals surface area (Å²) in [5.74, 6) is 2.21. The van der Waals surface area contributed by atoms with E-state index in [4.69, 9.17) is 4.52 Å². The monoisotopic (exact) mass is 320 g/mol. The predicted octanol–water partition coefficient (Wildman–Crippen LogP) is 1.10. The molecule has 128 valence electrons. The molecule has 7 nitrogen and oxygen atoms in total. The van der Waals surface area contributed by atoms with E-state index in [0.29, 0.717) is 24.2 Å². The fourth-order valence-corrected chi connectivity index (χ4v) is 3.62. The molecule has 1 saturated heterocycles. The summed E-state index contributed by atoms with van der Waals surface area (Å²) in [6.45, 7) is 4.91. The Balaban J connectivity index is 1.39. The standard InChI is InChI=1S/C16H28N6O/c1-12-19-15(23-21-12)7-9-18-16(17-2)20-13-8-10-22(11-13)14-5-3-4-6-14/h13-14H,3-11H2,1-2H3,(H2,17,18,20). The van der Waals surface area contributed by atoms with Gasteiger partial charge in [-0.3, -0.25) is 9.89 Å². The van der Waals surface area contributed by atoms with Gasteiger partial charge in [-0.05, 0) is 26.2 Å². The Kier molecular flexibility index (Phi) is 5.48. The van der Waals surface area contributed by atoms with Crippen LogP contribution in [-0.4, -0.2) is 59.8 Å². The second kappa shape index (κ2) is 7.77. The number of likely N-dealkylation sites (tertiary alicyclic amines) is 1. The van der Waals surface area contributed by atoms with Crippen LogP contribution in [0.25, 0.3) is 0 Å². The number of hydrogen-bond acceptors (Lipinski definition) is 5. The zero-order valence-corrected chi connectivity index (χ0v) is 14.2. The molecule has 0 aromatic carbocycles. The number of hydrogen-bond donors (Lipinski definition) is 2. The van der Waals surface area contributed by atoms with Crippen molar-refractivity contribution in [3.8, 4) is 0 Å². The first-order chi connectivity index (χ1) is 11.2. The van der Waals surface area contributed by atoms with Gasteiger partial charge in [0.15, 0.2) is 11.8 Å². The molecule has 1 aliphatic carbocycles. The molecule has 1 aromatic heterocycles. The zero-order valence-electron chi connectivity index (χ0n) is 14.2. The molecular formula is C16H28N6O. The molecule has 2 fully saturated rings. The number of aryl methyl sites for hydroxylation is 1. The van der Waals surface area contributed by atoms with Crippen LogP contribution in [0, 0.1) is 6.92 Å². The van der Waals surface area contributed by atoms with Crippen molar-refractivity contribution in [2.45, 2.75) is 57.5 Å². The average molecular weight is 320 g/mol. The van der Waals surface area contributed by atoms with Gasteiger partial charge in [0.2, 0.25) is 5.89 Å². The summed E-state index contributed by atoms with van der Waals surface area (Å²) in [5, 5.41) is 10.7. The SMILES string of the molecule is CN=C(NCCc1nc(C)no1)NC1CCN(C2CCCC2)C1. The largest absolute Gasteiger partial charge is 0.356 e. The lowest BCUT2D eigenvalue weighted by atomic mass is 10.2. The molecule has 23 heavy (non-hydrogen) atoms. The lowest BCUT2D eigenvalue weighted by Gasteiger charge is -2.24. The molecule has 7 heteroatoms. The molecule has 1 saturated carbocycles. The molecule has 0 spiro atoms. The van der Waals surface area contributed by atoms with Gasteiger partial charge < -0.3 is 15.2 Å². The maximum Gasteiger partial charge on any atom is 0.228 e. The molecule has 1 aromatic rings. The second-order valence-electron chi connectivity index (χ2n) is 6.55. The van der Waals surface area contributed by atoms with E-state index in [2.05, 4.69) is 30.7 Å². The van der Waals surface area contributed by atoms with E-state index in [1.807, 2.05) is 14.0 Å². The first kappa shape index (κ1) is 16.2. The summed E-state index contributed by atoms with van der Waals surface area (Å²) in [7, 11) is 1.82. The number of rotatable bonds is 5. The van der Waals surface area contributed by atoms with Gasteiger partial charge in [0.25, 0.3) is 0 Å². The minimum absolute atomic E-state index is 0.493. The van der Waals surface area contributed by atoms with E-state index in [1.165, 1.54) is 38.6 Å². The molecule has 0 bridgehead atoms. The summed E-state index contributed by atoms with van der Waals surface area (Å²) in [4.78, 5) is 11.2. The van der Waals surface area contributed by atoms with Crippen molar-refractivity contribution >= 4 is 5.96 Å². The van der Waals surface area contributed by atoms with E-state index in [-0.39, 0.29) is 0 Å². The summed E-state index contributed by atoms with van der Waals surface area (Å²) in [5.41, 5.74) is 0. The van der Waals surface area contributed by atoms with Crippen molar-refractivity contribution in [1.82, 2.24) is 25.7 Å². The Labute approximate surface area is 137 Å². The normalized spacial score (nSPS) is 23.6. The highest BCUT2D eigenvalue weighted by Gasteiger charge is 2.30. The Morgan fingerprint density at radius 2 is 2.17 bits per heavy atom. The van der Waals surface area contributed by atoms with Crippen LogP contribution in [0.5, 0.6) is 0 Å². The highest BCUT2D eigenvalue weighted by Crippen LogP contribution is 2.26. The Hall–Kier alpha value is -1.63. The van der Waals surface area contributed by atoms with Gasteiger partial charge >= 0.3 is 0 Å². The summed E-state index contributed by atoms with van der Waals surface area (Å²) in [6, 6.07) is 1.31. The quantitative estimate of drug-likeness (QED) is 0.625. The van der Waals surface area contributed by atoms with Gasteiger partial charge in [0.05, 0.1) is 0 Å². The Bertz CT molecular complexity index is 522. The van der Waals surface area contributed by atoms with Crippen molar-refractivity contribution in [1.29, 1.82) is 0 Å². The van der Waals surface area contributed by atoms with Crippen molar-refractivity contribution in [2.24, 2.45) is 4.99 Å². The molecule has 0 radical (unpaired) electrons. The highest BCUT2D eigenvalue weighted by atomic mass is 16.5. The summed E-state index contributed by atoms with van der Waals surface area (Å²) >= 11 is 0. The van der Waals surface area contributed by atoms with Crippen LogP contribution >= 0.6 is 0 Å². The van der Waals surface area contributed by atoms with Crippen molar-refractivity contribution in [3.63, 3.8) is 0 Å². The van der Waals surface area contributed by atoms with Gasteiger partial charge in [-0.15, -0.1) is 0 Å². The minimum Gasteiger partial charge on any atom is -0.356 e. The number of aromatic nitrogens is 2. The molecule has 1 unspecified atom stereocenters. The molecule has 2 aliphatic rings. The topological polar surface area (TPSA) is 78.6 Å². The smallest absolute Gasteiger partial charge is 0.228 e. The molecular weight excluding hydrogens is 292 g/mol. The molecule has 3 rings (SSSR count). The average Bonchev–Trinajstić information content (AvgIpc) is 3.27. The highest BCUT2D eigenvalue weighted by molar-refractivity contribution is 5.80. The van der Waals surface area contributed by atoms with Crippen molar-refractivity contribution in [2.75, 3.05) is 26.7 Å². The number of nitrogens with zero attached hydrogens (tertiary/aromatic N) is 4. The van der Waals surface area contributed by atoms with E-state index >= 15 is 0 Å². The van der Waals surface area contributed by atoms with Crippen LogP contribution in [0.15, 0.2) is 9.52 Å². The maximum atomic E-state index is 5.12. The first-order valence-electron chi connectivity index (χ1n) is 8.75. The number of guanidine groups is 1. The first-order valence-corrected chi connectivity index (χ1v) is 8.75. The van der Waals surface area contributed by atoms with Crippen molar-refractivity contribution in [3.05, 3.63) is 11.7 Å². The maximum absolute atomic E-state index is 5.12. The van der Waals surface area contributed by atoms with Crippen LogP contribution in [0.1, 0.15) is 43.8 Å². The van der Waals surface area contributed by atoms with Gasteiger partial charge in [-0.1, -0.05) is 18.0 Å². The molecule has 1 aliphatic heterocycles. The molecule has 1 atom stereocenters. The minimum atomic E-state index is 0.493. The summed E-state index contributed by atoms with van der Waals surface area (Å²) in [6.07, 6.45) is 7.46. The lowest BCUT2D eigenvalue weighted by molar-refractivity contribution is 0.242. The van der Waals surface area contributed by atoms with Crippen LogP contribution < -0.4 is 10.6 Å². The second-order valence-corrected chi connectivity index (χ2v) is 6.55. The fourth-order valence-electron chi connectivity index (χ4n) is 3.62. The molecule has 2 heterocycles. The molecule has 2 N–H and O–H groups in total. The fraction of sp³-hybridized carbons (Fsp3) is 0.812. The third-order valence-corrected chi connectivity index (χ3v) is 4.83. The molecule has 0 amide bonds. The zero-order chi connectivity index (χ0) is 16.1. The van der Waals surface area contributed by atoms with Crippen LogP contribution in [0.3, 0.4) is 0 Å². The van der Waals surface area contributed by atoms with E-state index < -0.39 is 0 Å². The van der Waals surface area contributed by atoms with Crippen LogP contribution in [0.4, 0.5) is 0 Å². The summed E-state index contributed by atoms with van der Waals surface area (Å²) < 4.78 is 5.12. The van der Waals surface area contributed by atoms with Gasteiger partial charge in [-0.2, -0.15) is 4.98 Å². The van der Waals surface area contributed by atoms with E-state index in [9.17, 15) is 0 Å². The lowest BCUT2D eigenvalue weighted by Crippen LogP contribution is -2.45. The number of aliphatic imine (C=N–C) groups is 1. The van der Waals surface area contributed by atoms with Crippen molar-refractivity contribution < 1.29 is 4.52 Å². The Morgan fingerprint density at radius 1 is 1.35 bits per heavy atom. The van der Waals surface area contributed by atoms with Gasteiger partial charge in [-0.25, -0.2) is 0 Å². The van der Waals surface area contributed by atoms with Crippen LogP contribution in [0.2, 0.25) is 0 Å². The van der Waals surface area contributed by atoms with E-state index in [0.717, 1.165) is 25.1 Å². The predicted molar refractivity (Wildman–Crippen MR) is 89.5 cm³/mol. The third kappa shape index (κ3) is 4.43. The van der Waals surface area contributed by atoms with Crippen LogP contribution in [-0.2, 0) is 6.42 Å². The van der Waals surface area contributed by atoms with Gasteiger partial charge in [0.1, 0.15) is 0 Å².